The molecule has 0 aliphatic carbocycles. The topological polar surface area (TPSA) is 30.8 Å². The molecular weight excluding hydrogens is 274 g/mol. The number of hydrogen-bond donors (Lipinski definition) is 0. The molecule has 0 aromatic heterocycles. The minimum atomic E-state index is -0.236. The van der Waals surface area contributed by atoms with Gasteiger partial charge in [0, 0.05) is 28.8 Å². The summed E-state index contributed by atoms with van der Waals surface area (Å²) in [5.41, 5.74) is 4.59. The maximum atomic E-state index is 6.02. The van der Waals surface area contributed by atoms with E-state index in [2.05, 4.69) is 55.4 Å². The maximum Gasteiger partial charge on any atom is 0.127 e. The van der Waals surface area contributed by atoms with Gasteiger partial charge in [-0.3, -0.25) is 4.99 Å². The molecule has 2 aromatic carbocycles. The largest absolute Gasteiger partial charge is 0.492 e. The maximum absolute atomic E-state index is 6.02. The van der Waals surface area contributed by atoms with Gasteiger partial charge >= 0.3 is 0 Å². The molecule has 0 saturated heterocycles. The van der Waals surface area contributed by atoms with Crippen LogP contribution in [0.1, 0.15) is 30.5 Å². The zero-order valence-corrected chi connectivity index (χ0v) is 12.7. The van der Waals surface area contributed by atoms with Crippen LogP contribution in [0.2, 0.25) is 0 Å². The van der Waals surface area contributed by atoms with Crippen molar-refractivity contribution in [1.82, 2.24) is 0 Å². The number of ether oxygens (including phenoxy) is 2. The smallest absolute Gasteiger partial charge is 0.127 e. The molecular formula is C19H17NO2. The highest BCUT2D eigenvalue weighted by Gasteiger charge is 2.47. The van der Waals surface area contributed by atoms with E-state index in [1.165, 1.54) is 16.7 Å². The molecule has 3 aliphatic rings. The van der Waals surface area contributed by atoms with Crippen molar-refractivity contribution in [2.45, 2.75) is 24.7 Å². The lowest BCUT2D eigenvalue weighted by atomic mass is 9.76. The fourth-order valence-corrected chi connectivity index (χ4v) is 3.83. The predicted octanol–water partition coefficient (Wildman–Crippen LogP) is 3.75. The van der Waals surface area contributed by atoms with Crippen molar-refractivity contribution in [3.05, 3.63) is 53.1 Å². The standard InChI is InChI=1S/C19H17NO2/c1-18(2)10-21-16-8-17-14(7-13(16)18)19(11-22-17)9-20-15-6-4-3-5-12(15)19/h3-9H,10-11H2,1-2H3. The number of aliphatic imine (C=N–C) groups is 1. The van der Waals surface area contributed by atoms with Crippen LogP contribution in [0.4, 0.5) is 5.69 Å². The van der Waals surface area contributed by atoms with Gasteiger partial charge in [-0.1, -0.05) is 32.0 Å². The predicted molar refractivity (Wildman–Crippen MR) is 85.8 cm³/mol. The van der Waals surface area contributed by atoms with Gasteiger partial charge in [-0.05, 0) is 17.7 Å². The first-order chi connectivity index (χ1) is 10.6. The van der Waals surface area contributed by atoms with E-state index in [0.717, 1.165) is 23.8 Å². The summed E-state index contributed by atoms with van der Waals surface area (Å²) in [6, 6.07) is 12.7. The lowest BCUT2D eigenvalue weighted by Crippen LogP contribution is -2.29. The second-order valence-electron chi connectivity index (χ2n) is 7.05. The number of hydrogen-bond acceptors (Lipinski definition) is 3. The molecule has 3 aliphatic heterocycles. The monoisotopic (exact) mass is 291 g/mol. The highest BCUT2D eigenvalue weighted by atomic mass is 16.5. The van der Waals surface area contributed by atoms with E-state index in [1.807, 2.05) is 6.07 Å². The molecule has 5 rings (SSSR count). The van der Waals surface area contributed by atoms with Gasteiger partial charge in [0.1, 0.15) is 18.1 Å². The molecule has 1 atom stereocenters. The van der Waals surface area contributed by atoms with Gasteiger partial charge in [0.2, 0.25) is 0 Å². The Morgan fingerprint density at radius 2 is 1.68 bits per heavy atom. The quantitative estimate of drug-likeness (QED) is 0.740. The summed E-state index contributed by atoms with van der Waals surface area (Å²) < 4.78 is 11.9. The normalized spacial score (nSPS) is 25.5. The summed E-state index contributed by atoms with van der Waals surface area (Å²) in [6.07, 6.45) is 2.05. The van der Waals surface area contributed by atoms with Crippen molar-refractivity contribution < 1.29 is 9.47 Å². The number of nitrogens with zero attached hydrogens (tertiary/aromatic N) is 1. The molecule has 3 heterocycles. The Labute approximate surface area is 129 Å². The van der Waals surface area contributed by atoms with Gasteiger partial charge in [-0.15, -0.1) is 0 Å². The molecule has 0 amide bonds. The minimum Gasteiger partial charge on any atom is -0.492 e. The fourth-order valence-electron chi connectivity index (χ4n) is 3.83. The fraction of sp³-hybridized carbons (Fsp3) is 0.316. The van der Waals surface area contributed by atoms with Gasteiger partial charge in [-0.2, -0.15) is 0 Å². The molecule has 0 N–H and O–H groups in total. The summed E-state index contributed by atoms with van der Waals surface area (Å²) in [7, 11) is 0. The first-order valence-electron chi connectivity index (χ1n) is 7.70. The Hall–Kier alpha value is -2.29. The van der Waals surface area contributed by atoms with E-state index in [-0.39, 0.29) is 10.8 Å². The first-order valence-corrected chi connectivity index (χ1v) is 7.70. The van der Waals surface area contributed by atoms with E-state index in [4.69, 9.17) is 9.47 Å². The van der Waals surface area contributed by atoms with Crippen LogP contribution in [0.3, 0.4) is 0 Å². The molecule has 0 fully saturated rings. The third-order valence-corrected chi connectivity index (χ3v) is 5.14. The zero-order valence-electron chi connectivity index (χ0n) is 12.7. The summed E-state index contributed by atoms with van der Waals surface area (Å²) in [5.74, 6) is 1.89. The zero-order chi connectivity index (χ0) is 14.9. The third kappa shape index (κ3) is 1.34. The van der Waals surface area contributed by atoms with Gasteiger partial charge < -0.3 is 9.47 Å². The van der Waals surface area contributed by atoms with Crippen LogP contribution in [0.25, 0.3) is 0 Å². The van der Waals surface area contributed by atoms with Crippen molar-refractivity contribution in [1.29, 1.82) is 0 Å². The SMILES string of the molecule is CC1(C)COc2cc3c(cc21)C1(C=Nc2ccccc21)CO3. The number of fused-ring (bicyclic) bond motifs is 5. The summed E-state index contributed by atoms with van der Waals surface area (Å²) in [4.78, 5) is 4.63. The van der Waals surface area contributed by atoms with E-state index in [1.54, 1.807) is 0 Å². The van der Waals surface area contributed by atoms with E-state index in [9.17, 15) is 0 Å². The van der Waals surface area contributed by atoms with Crippen molar-refractivity contribution in [3.63, 3.8) is 0 Å². The van der Waals surface area contributed by atoms with Crippen LogP contribution in [0.5, 0.6) is 11.5 Å². The first kappa shape index (κ1) is 12.3. The molecule has 22 heavy (non-hydrogen) atoms. The average Bonchev–Trinajstić information content (AvgIpc) is 3.16. The van der Waals surface area contributed by atoms with Crippen molar-refractivity contribution >= 4 is 11.9 Å². The molecule has 1 spiro atoms. The van der Waals surface area contributed by atoms with Gasteiger partial charge in [0.15, 0.2) is 0 Å². The summed E-state index contributed by atoms with van der Waals surface area (Å²) >= 11 is 0. The molecule has 3 nitrogen and oxygen atoms in total. The number of para-hydroxylation sites is 1. The van der Waals surface area contributed by atoms with Crippen LogP contribution in [0, 0.1) is 0 Å². The number of rotatable bonds is 0. The molecule has 3 heteroatoms. The van der Waals surface area contributed by atoms with Gasteiger partial charge in [-0.25, -0.2) is 0 Å². The molecule has 2 aromatic rings. The Kier molecular flexibility index (Phi) is 2.08. The van der Waals surface area contributed by atoms with E-state index < -0.39 is 0 Å². The molecule has 0 saturated carbocycles. The van der Waals surface area contributed by atoms with Crippen molar-refractivity contribution in [2.24, 2.45) is 4.99 Å². The molecule has 0 bridgehead atoms. The van der Waals surface area contributed by atoms with Crippen molar-refractivity contribution in [3.8, 4) is 11.5 Å². The molecule has 1 unspecified atom stereocenters. The Balaban J connectivity index is 1.76. The highest BCUT2D eigenvalue weighted by molar-refractivity contribution is 5.91. The van der Waals surface area contributed by atoms with Crippen molar-refractivity contribution in [2.75, 3.05) is 13.2 Å². The van der Waals surface area contributed by atoms with Crippen LogP contribution in [-0.2, 0) is 10.8 Å². The third-order valence-electron chi connectivity index (χ3n) is 5.14. The van der Waals surface area contributed by atoms with Crippen LogP contribution in [0.15, 0.2) is 41.4 Å². The highest BCUT2D eigenvalue weighted by Crippen LogP contribution is 2.52. The van der Waals surface area contributed by atoms with E-state index >= 15 is 0 Å². The molecule has 0 radical (unpaired) electrons. The van der Waals surface area contributed by atoms with E-state index in [0.29, 0.717) is 6.61 Å². The van der Waals surface area contributed by atoms with Crippen LogP contribution < -0.4 is 9.47 Å². The van der Waals surface area contributed by atoms with Gasteiger partial charge in [0.25, 0.3) is 0 Å². The Morgan fingerprint density at radius 3 is 2.59 bits per heavy atom. The Bertz CT molecular complexity index is 837. The number of benzene rings is 2. The summed E-state index contributed by atoms with van der Waals surface area (Å²) in [5, 5.41) is 0. The van der Waals surface area contributed by atoms with Crippen LogP contribution in [-0.4, -0.2) is 19.4 Å². The molecule has 110 valence electrons. The second kappa shape index (κ2) is 3.72. The van der Waals surface area contributed by atoms with Gasteiger partial charge in [0.05, 0.1) is 17.7 Å². The second-order valence-corrected chi connectivity index (χ2v) is 7.05. The summed E-state index contributed by atoms with van der Waals surface area (Å²) in [6.45, 7) is 5.80. The Morgan fingerprint density at radius 1 is 0.909 bits per heavy atom. The minimum absolute atomic E-state index is 0.0450. The lowest BCUT2D eigenvalue weighted by molar-refractivity contribution is 0.288. The average molecular weight is 291 g/mol. The van der Waals surface area contributed by atoms with Crippen LogP contribution >= 0.6 is 0 Å². The lowest BCUT2D eigenvalue weighted by Gasteiger charge is -2.22.